The molecule has 3 aromatic rings. The lowest BCUT2D eigenvalue weighted by Crippen LogP contribution is -2.23. The number of aromatic nitrogens is 4. The number of nitrogens with zero attached hydrogens (tertiary/aromatic N) is 5. The zero-order valence-corrected chi connectivity index (χ0v) is 15.8. The van der Waals surface area contributed by atoms with E-state index in [4.69, 9.17) is 4.74 Å². The molecule has 3 rings (SSSR count). The third-order valence-corrected chi connectivity index (χ3v) is 4.80. The molecule has 0 spiro atoms. The van der Waals surface area contributed by atoms with Crippen LogP contribution >= 0.6 is 11.8 Å². The summed E-state index contributed by atoms with van der Waals surface area (Å²) in [5.41, 5.74) is 0.676. The minimum atomic E-state index is -0.595. The number of hydrogen-bond donors (Lipinski definition) is 1. The zero-order valence-electron chi connectivity index (χ0n) is 15.0. The first-order chi connectivity index (χ1) is 13.5. The number of nitro benzene ring substituents is 1. The number of anilines is 1. The predicted octanol–water partition coefficient (Wildman–Crippen LogP) is 2.70. The average Bonchev–Trinajstić information content (AvgIpc) is 3.16. The van der Waals surface area contributed by atoms with Crippen LogP contribution in [0.1, 0.15) is 6.92 Å². The van der Waals surface area contributed by atoms with Crippen molar-refractivity contribution in [2.45, 2.75) is 17.3 Å². The number of para-hydroxylation sites is 2. The van der Waals surface area contributed by atoms with Gasteiger partial charge in [0.1, 0.15) is 11.4 Å². The number of nitro groups is 1. The maximum atomic E-state index is 12.5. The lowest BCUT2D eigenvalue weighted by molar-refractivity contribution is -0.383. The van der Waals surface area contributed by atoms with Gasteiger partial charge >= 0.3 is 0 Å². The summed E-state index contributed by atoms with van der Waals surface area (Å²) in [6, 6.07) is 13.1. The fraction of sp³-hybridized carbons (Fsp3) is 0.176. The molecule has 144 valence electrons. The Kier molecular flexibility index (Phi) is 5.84. The molecule has 1 amide bonds. The number of thioether (sulfide) groups is 1. The topological polar surface area (TPSA) is 125 Å². The molecule has 0 radical (unpaired) electrons. The van der Waals surface area contributed by atoms with Gasteiger partial charge in [-0.05, 0) is 47.7 Å². The Bertz CT molecular complexity index is 991. The molecule has 0 aliphatic heterocycles. The summed E-state index contributed by atoms with van der Waals surface area (Å²) in [4.78, 5) is 23.0. The molecule has 0 aliphatic carbocycles. The van der Waals surface area contributed by atoms with Crippen molar-refractivity contribution in [2.24, 2.45) is 0 Å². The van der Waals surface area contributed by atoms with Crippen LogP contribution in [0.4, 0.5) is 11.4 Å². The molecule has 10 nitrogen and oxygen atoms in total. The van der Waals surface area contributed by atoms with E-state index in [9.17, 15) is 14.9 Å². The second kappa shape index (κ2) is 8.48. The minimum absolute atomic E-state index is 0.139. The summed E-state index contributed by atoms with van der Waals surface area (Å²) < 4.78 is 6.63. The van der Waals surface area contributed by atoms with Crippen LogP contribution in [0, 0.1) is 10.1 Å². The van der Waals surface area contributed by atoms with Gasteiger partial charge in [0.25, 0.3) is 5.69 Å². The first-order valence-corrected chi connectivity index (χ1v) is 9.01. The normalized spacial score (nSPS) is 11.6. The highest BCUT2D eigenvalue weighted by molar-refractivity contribution is 8.00. The standard InChI is InChI=1S/C17H16N6O4S/c1-11(16(24)18-14-5-3-4-6-15(14)23(25)26)28-17-19-20-21-22(17)12-7-9-13(27-2)10-8-12/h3-11H,1-2H3,(H,18,24). The molecule has 1 N–H and O–H groups in total. The molecule has 0 saturated carbocycles. The largest absolute Gasteiger partial charge is 0.497 e. The molecule has 1 atom stereocenters. The number of tetrazole rings is 1. The van der Waals surface area contributed by atoms with Crippen molar-refractivity contribution in [3.05, 3.63) is 58.6 Å². The van der Waals surface area contributed by atoms with E-state index in [0.29, 0.717) is 16.6 Å². The van der Waals surface area contributed by atoms with Gasteiger partial charge in [-0.2, -0.15) is 4.68 Å². The van der Waals surface area contributed by atoms with Crippen molar-refractivity contribution < 1.29 is 14.5 Å². The number of hydrogen-bond acceptors (Lipinski definition) is 8. The molecule has 1 heterocycles. The SMILES string of the molecule is COc1ccc(-n2nnnc2SC(C)C(=O)Nc2ccccc2[N+](=O)[O-])cc1. The summed E-state index contributed by atoms with van der Waals surface area (Å²) in [7, 11) is 1.57. The van der Waals surface area contributed by atoms with Gasteiger partial charge in [-0.1, -0.05) is 23.9 Å². The Morgan fingerprint density at radius 1 is 1.25 bits per heavy atom. The third-order valence-electron chi connectivity index (χ3n) is 3.77. The summed E-state index contributed by atoms with van der Waals surface area (Å²) >= 11 is 1.14. The van der Waals surface area contributed by atoms with Crippen LogP contribution in [0.25, 0.3) is 5.69 Å². The van der Waals surface area contributed by atoms with Crippen LogP contribution in [-0.4, -0.2) is 43.4 Å². The van der Waals surface area contributed by atoms with E-state index in [0.717, 1.165) is 11.8 Å². The molecule has 0 saturated heterocycles. The van der Waals surface area contributed by atoms with Crippen molar-refractivity contribution in [3.63, 3.8) is 0 Å². The number of benzene rings is 2. The van der Waals surface area contributed by atoms with Gasteiger partial charge < -0.3 is 10.1 Å². The molecular formula is C17H16N6O4S. The summed E-state index contributed by atoms with van der Waals surface area (Å²) in [5, 5.41) is 25.1. The van der Waals surface area contributed by atoms with Crippen LogP contribution in [0.3, 0.4) is 0 Å². The lowest BCUT2D eigenvalue weighted by Gasteiger charge is -2.12. The van der Waals surface area contributed by atoms with E-state index in [1.165, 1.54) is 22.9 Å². The Balaban J connectivity index is 1.73. The second-order valence-corrected chi connectivity index (χ2v) is 6.90. The van der Waals surface area contributed by atoms with E-state index < -0.39 is 16.1 Å². The summed E-state index contributed by atoms with van der Waals surface area (Å²) in [6.45, 7) is 1.67. The maximum Gasteiger partial charge on any atom is 0.292 e. The number of methoxy groups -OCH3 is 1. The van der Waals surface area contributed by atoms with Gasteiger partial charge in [0.2, 0.25) is 11.1 Å². The monoisotopic (exact) mass is 400 g/mol. The van der Waals surface area contributed by atoms with Crippen LogP contribution in [-0.2, 0) is 4.79 Å². The fourth-order valence-electron chi connectivity index (χ4n) is 2.32. The number of amides is 1. The van der Waals surface area contributed by atoms with Crippen molar-refractivity contribution in [3.8, 4) is 11.4 Å². The van der Waals surface area contributed by atoms with Crippen LogP contribution in [0.2, 0.25) is 0 Å². The first-order valence-electron chi connectivity index (χ1n) is 8.13. The lowest BCUT2D eigenvalue weighted by atomic mass is 10.2. The molecule has 1 unspecified atom stereocenters. The minimum Gasteiger partial charge on any atom is -0.497 e. The highest BCUT2D eigenvalue weighted by Gasteiger charge is 2.22. The first kappa shape index (κ1) is 19.3. The molecule has 28 heavy (non-hydrogen) atoms. The Hall–Kier alpha value is -3.47. The molecule has 0 fully saturated rings. The van der Waals surface area contributed by atoms with Crippen LogP contribution < -0.4 is 10.1 Å². The summed E-state index contributed by atoms with van der Waals surface area (Å²) in [6.07, 6.45) is 0. The number of nitrogens with one attached hydrogen (secondary N) is 1. The third kappa shape index (κ3) is 4.26. The second-order valence-electron chi connectivity index (χ2n) is 5.59. The van der Waals surface area contributed by atoms with E-state index >= 15 is 0 Å². The predicted molar refractivity (Wildman–Crippen MR) is 103 cm³/mol. The van der Waals surface area contributed by atoms with Gasteiger partial charge in [0, 0.05) is 6.07 Å². The Morgan fingerprint density at radius 3 is 2.64 bits per heavy atom. The number of ether oxygens (including phenoxy) is 1. The van der Waals surface area contributed by atoms with Crippen molar-refractivity contribution >= 4 is 29.0 Å². The molecule has 2 aromatic carbocycles. The number of carbonyl (C=O) groups excluding carboxylic acids is 1. The highest BCUT2D eigenvalue weighted by Crippen LogP contribution is 2.27. The summed E-state index contributed by atoms with van der Waals surface area (Å²) in [5.74, 6) is 0.298. The highest BCUT2D eigenvalue weighted by atomic mass is 32.2. The van der Waals surface area contributed by atoms with Crippen molar-refractivity contribution in [1.29, 1.82) is 0 Å². The van der Waals surface area contributed by atoms with Gasteiger partial charge in [0.05, 0.1) is 23.0 Å². The Labute approximate surface area is 164 Å². The molecule has 0 bridgehead atoms. The fourth-order valence-corrected chi connectivity index (χ4v) is 3.13. The van der Waals surface area contributed by atoms with E-state index in [2.05, 4.69) is 20.8 Å². The van der Waals surface area contributed by atoms with Crippen LogP contribution in [0.15, 0.2) is 53.7 Å². The number of rotatable bonds is 7. The molecule has 11 heteroatoms. The van der Waals surface area contributed by atoms with E-state index in [1.54, 1.807) is 44.4 Å². The molecular weight excluding hydrogens is 384 g/mol. The van der Waals surface area contributed by atoms with Gasteiger partial charge in [-0.3, -0.25) is 14.9 Å². The van der Waals surface area contributed by atoms with E-state index in [1.807, 2.05) is 0 Å². The van der Waals surface area contributed by atoms with Crippen molar-refractivity contribution in [2.75, 3.05) is 12.4 Å². The molecule has 0 aliphatic rings. The van der Waals surface area contributed by atoms with Gasteiger partial charge in [-0.15, -0.1) is 5.10 Å². The zero-order chi connectivity index (χ0) is 20.1. The van der Waals surface area contributed by atoms with Gasteiger partial charge in [-0.25, -0.2) is 0 Å². The quantitative estimate of drug-likeness (QED) is 0.364. The molecule has 1 aromatic heterocycles. The smallest absolute Gasteiger partial charge is 0.292 e. The maximum absolute atomic E-state index is 12.5. The van der Waals surface area contributed by atoms with Gasteiger partial charge in [0.15, 0.2) is 0 Å². The van der Waals surface area contributed by atoms with Crippen LogP contribution in [0.5, 0.6) is 5.75 Å². The average molecular weight is 400 g/mol. The van der Waals surface area contributed by atoms with E-state index in [-0.39, 0.29) is 11.4 Å². The Morgan fingerprint density at radius 2 is 1.96 bits per heavy atom. The number of carbonyl (C=O) groups is 1. The van der Waals surface area contributed by atoms with Crippen molar-refractivity contribution in [1.82, 2.24) is 20.2 Å².